The van der Waals surface area contributed by atoms with Crippen LogP contribution in [0.1, 0.15) is 61.1 Å². The molecule has 1 fully saturated rings. The quantitative estimate of drug-likeness (QED) is 0.779. The minimum absolute atomic E-state index is 0.0285. The van der Waals surface area contributed by atoms with Crippen molar-refractivity contribution in [2.24, 2.45) is 5.92 Å². The Morgan fingerprint density at radius 2 is 1.85 bits per heavy atom. The molecule has 0 unspecified atom stereocenters. The van der Waals surface area contributed by atoms with Crippen LogP contribution in [0.15, 0.2) is 41.2 Å². The van der Waals surface area contributed by atoms with Crippen LogP contribution >= 0.6 is 0 Å². The first-order valence-corrected chi connectivity index (χ1v) is 9.70. The Kier molecular flexibility index (Phi) is 6.32. The van der Waals surface area contributed by atoms with Crippen LogP contribution in [0, 0.1) is 5.92 Å². The third kappa shape index (κ3) is 5.00. The number of carbonyl (C=O) groups excluding carboxylic acids is 1. The van der Waals surface area contributed by atoms with Crippen molar-refractivity contribution >= 4 is 5.97 Å². The predicted molar refractivity (Wildman–Crippen MR) is 104 cm³/mol. The molecular formula is C22H27NO4. The Morgan fingerprint density at radius 1 is 1.15 bits per heavy atom. The minimum atomic E-state index is -0.635. The monoisotopic (exact) mass is 369 g/mol. The predicted octanol–water partition coefficient (Wildman–Crippen LogP) is 4.10. The Morgan fingerprint density at radius 3 is 2.52 bits per heavy atom. The van der Waals surface area contributed by atoms with E-state index in [0.29, 0.717) is 18.1 Å². The average Bonchev–Trinajstić information content (AvgIpc) is 2.64. The number of carbonyl (C=O) groups is 1. The average molecular weight is 369 g/mol. The van der Waals surface area contributed by atoms with E-state index in [0.717, 1.165) is 36.9 Å². The fraction of sp³-hybridized carbons (Fsp3) is 0.455. The Labute approximate surface area is 159 Å². The van der Waals surface area contributed by atoms with Crippen molar-refractivity contribution in [3.8, 4) is 5.75 Å². The lowest BCUT2D eigenvalue weighted by Gasteiger charge is -2.27. The SMILES string of the molecule is CCOC(=O)c1c(OC2CCC(C)CC2)cc(Cc2ccccc2)[nH]c1=O. The molecule has 0 amide bonds. The van der Waals surface area contributed by atoms with E-state index >= 15 is 0 Å². The fourth-order valence-corrected chi connectivity index (χ4v) is 3.51. The Hall–Kier alpha value is -2.56. The summed E-state index contributed by atoms with van der Waals surface area (Å²) in [5.41, 5.74) is 1.31. The van der Waals surface area contributed by atoms with Crippen molar-refractivity contribution in [3.05, 3.63) is 63.6 Å². The van der Waals surface area contributed by atoms with Crippen LogP contribution in [-0.2, 0) is 11.2 Å². The maximum absolute atomic E-state index is 12.6. The van der Waals surface area contributed by atoms with Crippen LogP contribution in [0.5, 0.6) is 5.75 Å². The van der Waals surface area contributed by atoms with Gasteiger partial charge in [0.2, 0.25) is 0 Å². The minimum Gasteiger partial charge on any atom is -0.489 e. The zero-order valence-electron chi connectivity index (χ0n) is 16.0. The van der Waals surface area contributed by atoms with Gasteiger partial charge in [-0.2, -0.15) is 0 Å². The first kappa shape index (κ1) is 19.2. The summed E-state index contributed by atoms with van der Waals surface area (Å²) in [4.78, 5) is 27.8. The molecule has 1 saturated carbocycles. The molecule has 27 heavy (non-hydrogen) atoms. The van der Waals surface area contributed by atoms with Crippen molar-refractivity contribution in [3.63, 3.8) is 0 Å². The number of hydrogen-bond donors (Lipinski definition) is 1. The van der Waals surface area contributed by atoms with Crippen LogP contribution < -0.4 is 10.3 Å². The molecule has 2 aromatic rings. The van der Waals surface area contributed by atoms with E-state index in [2.05, 4.69) is 11.9 Å². The molecule has 0 aliphatic heterocycles. The van der Waals surface area contributed by atoms with Gasteiger partial charge in [0.25, 0.3) is 5.56 Å². The molecule has 0 saturated heterocycles. The number of H-pyrrole nitrogens is 1. The fourth-order valence-electron chi connectivity index (χ4n) is 3.51. The van der Waals surface area contributed by atoms with Gasteiger partial charge in [-0.15, -0.1) is 0 Å². The van der Waals surface area contributed by atoms with Gasteiger partial charge in [0.05, 0.1) is 12.7 Å². The smallest absolute Gasteiger partial charge is 0.347 e. The number of rotatable bonds is 6. The molecule has 1 aliphatic rings. The summed E-state index contributed by atoms with van der Waals surface area (Å²) >= 11 is 0. The van der Waals surface area contributed by atoms with Gasteiger partial charge in [0.15, 0.2) is 5.56 Å². The number of pyridine rings is 1. The molecule has 0 spiro atoms. The number of esters is 1. The lowest BCUT2D eigenvalue weighted by molar-refractivity contribution is 0.0512. The summed E-state index contributed by atoms with van der Waals surface area (Å²) < 4.78 is 11.2. The van der Waals surface area contributed by atoms with Crippen LogP contribution in [0.2, 0.25) is 0 Å². The molecule has 1 heterocycles. The standard InChI is InChI=1S/C22H27NO4/c1-3-26-22(25)20-19(27-18-11-9-15(2)10-12-18)14-17(23-21(20)24)13-16-7-5-4-6-8-16/h4-8,14-15,18H,3,9-13H2,1-2H3,(H,23,24). The molecule has 1 aromatic heterocycles. The van der Waals surface area contributed by atoms with Gasteiger partial charge >= 0.3 is 5.97 Å². The normalized spacial score (nSPS) is 19.5. The molecule has 1 aromatic carbocycles. The zero-order valence-corrected chi connectivity index (χ0v) is 16.0. The molecule has 144 valence electrons. The Balaban J connectivity index is 1.90. The lowest BCUT2D eigenvalue weighted by atomic mass is 9.89. The molecule has 1 N–H and O–H groups in total. The molecule has 5 heteroatoms. The van der Waals surface area contributed by atoms with E-state index in [4.69, 9.17) is 9.47 Å². The zero-order chi connectivity index (χ0) is 19.2. The second-order valence-corrected chi connectivity index (χ2v) is 7.25. The van der Waals surface area contributed by atoms with Crippen LogP contribution in [0.4, 0.5) is 0 Å². The van der Waals surface area contributed by atoms with Crippen LogP contribution in [0.3, 0.4) is 0 Å². The van der Waals surface area contributed by atoms with E-state index in [1.807, 2.05) is 30.3 Å². The summed E-state index contributed by atoms with van der Waals surface area (Å²) in [5.74, 6) is 0.397. The van der Waals surface area contributed by atoms with Gasteiger partial charge < -0.3 is 14.5 Å². The number of aromatic amines is 1. The first-order chi connectivity index (χ1) is 13.1. The molecule has 1 aliphatic carbocycles. The summed E-state index contributed by atoms with van der Waals surface area (Å²) in [6, 6.07) is 11.6. The van der Waals surface area contributed by atoms with E-state index < -0.39 is 11.5 Å². The molecular weight excluding hydrogens is 342 g/mol. The van der Waals surface area contributed by atoms with Crippen molar-refractivity contribution in [2.45, 2.75) is 52.1 Å². The topological polar surface area (TPSA) is 68.4 Å². The maximum Gasteiger partial charge on any atom is 0.347 e. The largest absolute Gasteiger partial charge is 0.489 e. The van der Waals surface area contributed by atoms with Gasteiger partial charge in [-0.3, -0.25) is 4.79 Å². The van der Waals surface area contributed by atoms with E-state index in [1.165, 1.54) is 0 Å². The highest BCUT2D eigenvalue weighted by Crippen LogP contribution is 2.28. The maximum atomic E-state index is 12.6. The van der Waals surface area contributed by atoms with E-state index in [9.17, 15) is 9.59 Å². The van der Waals surface area contributed by atoms with Gasteiger partial charge in [-0.05, 0) is 44.1 Å². The van der Waals surface area contributed by atoms with Gasteiger partial charge in [0.1, 0.15) is 5.75 Å². The summed E-state index contributed by atoms with van der Waals surface area (Å²) in [7, 11) is 0. The summed E-state index contributed by atoms with van der Waals surface area (Å²) in [6.45, 7) is 4.18. The molecule has 0 bridgehead atoms. The number of ether oxygens (including phenoxy) is 2. The first-order valence-electron chi connectivity index (χ1n) is 9.70. The van der Waals surface area contributed by atoms with Gasteiger partial charge in [0, 0.05) is 18.2 Å². The highest BCUT2D eigenvalue weighted by atomic mass is 16.5. The number of hydrogen-bond acceptors (Lipinski definition) is 4. The second-order valence-electron chi connectivity index (χ2n) is 7.25. The second kappa shape index (κ2) is 8.89. The van der Waals surface area contributed by atoms with Gasteiger partial charge in [-0.1, -0.05) is 37.3 Å². The van der Waals surface area contributed by atoms with Crippen molar-refractivity contribution in [1.82, 2.24) is 4.98 Å². The number of nitrogens with one attached hydrogen (secondary N) is 1. The van der Waals surface area contributed by atoms with Crippen molar-refractivity contribution in [2.75, 3.05) is 6.61 Å². The third-order valence-electron chi connectivity index (χ3n) is 5.03. The van der Waals surface area contributed by atoms with Crippen molar-refractivity contribution in [1.29, 1.82) is 0 Å². The van der Waals surface area contributed by atoms with E-state index in [-0.39, 0.29) is 18.3 Å². The lowest BCUT2D eigenvalue weighted by Crippen LogP contribution is -2.28. The van der Waals surface area contributed by atoms with Gasteiger partial charge in [-0.25, -0.2) is 4.79 Å². The highest BCUT2D eigenvalue weighted by Gasteiger charge is 2.25. The number of aromatic nitrogens is 1. The molecule has 0 radical (unpaired) electrons. The Bertz CT molecular complexity index is 820. The summed E-state index contributed by atoms with van der Waals surface area (Å²) in [5, 5.41) is 0. The molecule has 0 atom stereocenters. The summed E-state index contributed by atoms with van der Waals surface area (Å²) in [6.07, 6.45) is 4.66. The van der Waals surface area contributed by atoms with Crippen molar-refractivity contribution < 1.29 is 14.3 Å². The van der Waals surface area contributed by atoms with Crippen LogP contribution in [-0.4, -0.2) is 23.7 Å². The number of benzene rings is 1. The molecule has 3 rings (SSSR count). The van der Waals surface area contributed by atoms with E-state index in [1.54, 1.807) is 13.0 Å². The third-order valence-corrected chi connectivity index (χ3v) is 5.03. The highest BCUT2D eigenvalue weighted by molar-refractivity contribution is 5.92. The molecule has 5 nitrogen and oxygen atoms in total. The van der Waals surface area contributed by atoms with Crippen LogP contribution in [0.25, 0.3) is 0 Å².